The summed E-state index contributed by atoms with van der Waals surface area (Å²) in [6.45, 7) is 4.73. The molecule has 2 heterocycles. The Hall–Kier alpha value is -3.57. The monoisotopic (exact) mass is 457 g/mol. The van der Waals surface area contributed by atoms with Gasteiger partial charge in [0, 0.05) is 36.9 Å². The van der Waals surface area contributed by atoms with Crippen LogP contribution in [-0.4, -0.2) is 42.9 Å². The molecule has 0 unspecified atom stereocenters. The molecule has 5 nitrogen and oxygen atoms in total. The largest absolute Gasteiger partial charge is 0.368 e. The molecular formula is C27H24ClN3O2. The van der Waals surface area contributed by atoms with Crippen LogP contribution in [-0.2, 0) is 9.59 Å². The molecule has 2 aliphatic rings. The van der Waals surface area contributed by atoms with E-state index in [0.717, 1.165) is 24.2 Å². The van der Waals surface area contributed by atoms with Crippen LogP contribution in [0.3, 0.4) is 0 Å². The minimum atomic E-state index is -0.308. The predicted octanol–water partition coefficient (Wildman–Crippen LogP) is 4.76. The van der Waals surface area contributed by atoms with Gasteiger partial charge in [-0.15, -0.1) is 0 Å². The molecule has 0 saturated carbocycles. The minimum Gasteiger partial charge on any atom is -0.368 e. The zero-order valence-corrected chi connectivity index (χ0v) is 19.1. The standard InChI is InChI=1S/C27H24ClN3O2/c1-19-12-13-21(28)18-23(19)31-26(32)24(20-8-4-2-5-9-20)25(27(31)33)30-16-14-29(15-17-30)22-10-6-3-7-11-22/h2-13,18H,14-17H2,1H3. The fraction of sp³-hybridized carbons (Fsp3) is 0.185. The van der Waals surface area contributed by atoms with E-state index in [-0.39, 0.29) is 11.8 Å². The number of para-hydroxylation sites is 1. The molecule has 0 spiro atoms. The number of rotatable bonds is 4. The van der Waals surface area contributed by atoms with E-state index in [2.05, 4.69) is 21.9 Å². The number of benzene rings is 3. The van der Waals surface area contributed by atoms with Crippen LogP contribution in [0.4, 0.5) is 11.4 Å². The highest BCUT2D eigenvalue weighted by Crippen LogP contribution is 2.37. The van der Waals surface area contributed by atoms with Crippen molar-refractivity contribution in [2.24, 2.45) is 0 Å². The third-order valence-electron chi connectivity index (χ3n) is 6.25. The van der Waals surface area contributed by atoms with Gasteiger partial charge in [0.1, 0.15) is 5.70 Å². The number of nitrogens with zero attached hydrogens (tertiary/aromatic N) is 3. The molecule has 5 rings (SSSR count). The van der Waals surface area contributed by atoms with Crippen molar-refractivity contribution in [1.29, 1.82) is 0 Å². The van der Waals surface area contributed by atoms with Crippen LogP contribution in [0.5, 0.6) is 0 Å². The Bertz CT molecular complexity index is 1230. The van der Waals surface area contributed by atoms with E-state index in [4.69, 9.17) is 11.6 Å². The van der Waals surface area contributed by atoms with Gasteiger partial charge in [-0.1, -0.05) is 66.2 Å². The summed E-state index contributed by atoms with van der Waals surface area (Å²) < 4.78 is 0. The summed E-state index contributed by atoms with van der Waals surface area (Å²) >= 11 is 6.22. The zero-order valence-electron chi connectivity index (χ0n) is 18.4. The number of hydrogen-bond donors (Lipinski definition) is 0. The normalized spacial score (nSPS) is 16.7. The molecule has 2 amide bonds. The number of imide groups is 1. The molecule has 0 N–H and O–H groups in total. The Balaban J connectivity index is 1.51. The summed E-state index contributed by atoms with van der Waals surface area (Å²) in [5.41, 5.74) is 4.19. The Morgan fingerprint density at radius 1 is 0.727 bits per heavy atom. The molecule has 3 aromatic carbocycles. The smallest absolute Gasteiger partial charge is 0.282 e. The van der Waals surface area contributed by atoms with Crippen molar-refractivity contribution in [1.82, 2.24) is 4.90 Å². The molecular weight excluding hydrogens is 434 g/mol. The summed E-state index contributed by atoms with van der Waals surface area (Å²) in [5.74, 6) is -0.602. The predicted molar refractivity (Wildman–Crippen MR) is 132 cm³/mol. The topological polar surface area (TPSA) is 43.9 Å². The molecule has 33 heavy (non-hydrogen) atoms. The van der Waals surface area contributed by atoms with Crippen LogP contribution in [0.1, 0.15) is 11.1 Å². The van der Waals surface area contributed by atoms with Gasteiger partial charge >= 0.3 is 0 Å². The molecule has 2 aliphatic heterocycles. The summed E-state index contributed by atoms with van der Waals surface area (Å²) in [6.07, 6.45) is 0. The van der Waals surface area contributed by atoms with E-state index in [1.54, 1.807) is 12.1 Å². The number of halogens is 1. The third kappa shape index (κ3) is 3.89. The first-order valence-electron chi connectivity index (χ1n) is 11.0. The summed E-state index contributed by atoms with van der Waals surface area (Å²) in [4.78, 5) is 33.1. The Kier molecular flexibility index (Phi) is 5.65. The number of piperazine rings is 1. The summed E-state index contributed by atoms with van der Waals surface area (Å²) in [6, 6.07) is 25.0. The van der Waals surface area contributed by atoms with Crippen molar-refractivity contribution in [3.63, 3.8) is 0 Å². The molecule has 3 aromatic rings. The maximum Gasteiger partial charge on any atom is 0.282 e. The highest BCUT2D eigenvalue weighted by Gasteiger charge is 2.43. The van der Waals surface area contributed by atoms with E-state index in [1.165, 1.54) is 10.6 Å². The first kappa shape index (κ1) is 21.3. The average molecular weight is 458 g/mol. The van der Waals surface area contributed by atoms with E-state index < -0.39 is 0 Å². The molecule has 0 aliphatic carbocycles. The van der Waals surface area contributed by atoms with Crippen LogP contribution >= 0.6 is 11.6 Å². The van der Waals surface area contributed by atoms with Crippen molar-refractivity contribution in [2.45, 2.75) is 6.92 Å². The Morgan fingerprint density at radius 2 is 1.33 bits per heavy atom. The highest BCUT2D eigenvalue weighted by molar-refractivity contribution is 6.45. The Morgan fingerprint density at radius 3 is 2.00 bits per heavy atom. The van der Waals surface area contributed by atoms with Gasteiger partial charge < -0.3 is 9.80 Å². The zero-order chi connectivity index (χ0) is 22.9. The van der Waals surface area contributed by atoms with Crippen molar-refractivity contribution in [3.05, 3.63) is 101 Å². The van der Waals surface area contributed by atoms with Crippen molar-refractivity contribution < 1.29 is 9.59 Å². The lowest BCUT2D eigenvalue weighted by Crippen LogP contribution is -2.47. The molecule has 0 bridgehead atoms. The molecule has 166 valence electrons. The third-order valence-corrected chi connectivity index (χ3v) is 6.49. The summed E-state index contributed by atoms with van der Waals surface area (Å²) in [7, 11) is 0. The molecule has 1 fully saturated rings. The molecule has 0 aromatic heterocycles. The van der Waals surface area contributed by atoms with Gasteiger partial charge in [0.05, 0.1) is 11.3 Å². The van der Waals surface area contributed by atoms with Crippen LogP contribution in [0, 0.1) is 6.92 Å². The van der Waals surface area contributed by atoms with Crippen LogP contribution < -0.4 is 9.80 Å². The van der Waals surface area contributed by atoms with E-state index >= 15 is 0 Å². The fourth-order valence-electron chi connectivity index (χ4n) is 4.55. The van der Waals surface area contributed by atoms with E-state index in [0.29, 0.717) is 35.1 Å². The quantitative estimate of drug-likeness (QED) is 0.530. The fourth-order valence-corrected chi connectivity index (χ4v) is 4.71. The lowest BCUT2D eigenvalue weighted by atomic mass is 10.0. The first-order valence-corrected chi connectivity index (χ1v) is 11.4. The lowest BCUT2D eigenvalue weighted by Gasteiger charge is -2.37. The van der Waals surface area contributed by atoms with Crippen LogP contribution in [0.15, 0.2) is 84.6 Å². The highest BCUT2D eigenvalue weighted by atomic mass is 35.5. The summed E-state index contributed by atoms with van der Waals surface area (Å²) in [5, 5.41) is 0.488. The number of hydrogen-bond acceptors (Lipinski definition) is 4. The molecule has 6 heteroatoms. The van der Waals surface area contributed by atoms with E-state index in [9.17, 15) is 9.59 Å². The van der Waals surface area contributed by atoms with Crippen molar-refractivity contribution in [3.8, 4) is 0 Å². The van der Waals surface area contributed by atoms with Gasteiger partial charge in [-0.2, -0.15) is 0 Å². The number of amides is 2. The molecule has 0 atom stereocenters. The SMILES string of the molecule is Cc1ccc(Cl)cc1N1C(=O)C(c2ccccc2)=C(N2CCN(c3ccccc3)CC2)C1=O. The van der Waals surface area contributed by atoms with Crippen LogP contribution in [0.2, 0.25) is 5.02 Å². The second-order valence-electron chi connectivity index (χ2n) is 8.28. The van der Waals surface area contributed by atoms with E-state index in [1.807, 2.05) is 61.5 Å². The van der Waals surface area contributed by atoms with Gasteiger partial charge in [-0.3, -0.25) is 9.59 Å². The van der Waals surface area contributed by atoms with Gasteiger partial charge in [0.25, 0.3) is 11.8 Å². The maximum absolute atomic E-state index is 13.8. The number of carbonyl (C=O) groups excluding carboxylic acids is 2. The van der Waals surface area contributed by atoms with Gasteiger partial charge in [-0.25, -0.2) is 4.90 Å². The minimum absolute atomic E-state index is 0.294. The average Bonchev–Trinajstić information content (AvgIpc) is 3.11. The first-order chi connectivity index (χ1) is 16.0. The molecule has 0 radical (unpaired) electrons. The van der Waals surface area contributed by atoms with Crippen molar-refractivity contribution in [2.75, 3.05) is 36.0 Å². The van der Waals surface area contributed by atoms with Crippen molar-refractivity contribution >= 4 is 40.4 Å². The lowest BCUT2D eigenvalue weighted by molar-refractivity contribution is -0.120. The number of aryl methyl sites for hydroxylation is 1. The number of carbonyl (C=O) groups is 2. The second kappa shape index (κ2) is 8.75. The van der Waals surface area contributed by atoms with Gasteiger partial charge in [0.15, 0.2) is 0 Å². The second-order valence-corrected chi connectivity index (χ2v) is 8.71. The molecule has 1 saturated heterocycles. The Labute approximate surface area is 198 Å². The number of anilines is 2. The maximum atomic E-state index is 13.8. The van der Waals surface area contributed by atoms with Gasteiger partial charge in [-0.05, 0) is 42.3 Å². The van der Waals surface area contributed by atoms with Crippen LogP contribution in [0.25, 0.3) is 5.57 Å². The van der Waals surface area contributed by atoms with Gasteiger partial charge in [0.2, 0.25) is 0 Å².